The highest BCUT2D eigenvalue weighted by molar-refractivity contribution is 6.12. The van der Waals surface area contributed by atoms with Crippen molar-refractivity contribution in [2.24, 2.45) is 5.92 Å². The minimum Gasteiger partial charge on any atom is -0.348 e. The smallest absolute Gasteiger partial charge is 0.253 e. The van der Waals surface area contributed by atoms with E-state index in [0.29, 0.717) is 17.0 Å². The lowest BCUT2D eigenvalue weighted by Gasteiger charge is -2.44. The number of nitrogens with zero attached hydrogens (tertiary/aromatic N) is 2. The van der Waals surface area contributed by atoms with Crippen LogP contribution in [0.25, 0.3) is 5.52 Å². The molecule has 1 N–H and O–H groups in total. The lowest BCUT2D eigenvalue weighted by Crippen LogP contribution is -2.57. The van der Waals surface area contributed by atoms with Crippen molar-refractivity contribution in [1.29, 1.82) is 0 Å². The van der Waals surface area contributed by atoms with Gasteiger partial charge in [0.05, 0.1) is 22.3 Å². The van der Waals surface area contributed by atoms with E-state index in [1.807, 2.05) is 12.1 Å². The molecule has 5 nitrogen and oxygen atoms in total. The Bertz CT molecular complexity index is 1100. The molecule has 1 aromatic carbocycles. The van der Waals surface area contributed by atoms with Crippen molar-refractivity contribution < 1.29 is 14.0 Å². The molecule has 1 amide bonds. The zero-order valence-electron chi connectivity index (χ0n) is 16.4. The zero-order valence-corrected chi connectivity index (χ0v) is 17.2. The van der Waals surface area contributed by atoms with Crippen LogP contribution < -0.4 is 5.32 Å². The average Bonchev–Trinajstić information content (AvgIpc) is 3.14. The summed E-state index contributed by atoms with van der Waals surface area (Å²) in [6.07, 6.45) is 3.95. The summed E-state index contributed by atoms with van der Waals surface area (Å²) in [5, 5.41) is 3.18. The minimum absolute atomic E-state index is 0. The molecule has 3 fully saturated rings. The number of benzene rings is 1. The molecule has 5 heterocycles. The summed E-state index contributed by atoms with van der Waals surface area (Å²) >= 11 is 0. The van der Waals surface area contributed by atoms with Gasteiger partial charge in [0.15, 0.2) is 0 Å². The Morgan fingerprint density at radius 2 is 1.73 bits per heavy atom. The van der Waals surface area contributed by atoms with E-state index in [0.717, 1.165) is 32.5 Å². The highest BCUT2D eigenvalue weighted by Crippen LogP contribution is 2.28. The molecule has 2 bridgehead atoms. The number of halogens is 2. The number of pyridine rings is 1. The molecule has 0 aliphatic carbocycles. The molecule has 0 radical (unpaired) electrons. The first-order valence-electron chi connectivity index (χ1n) is 10.0. The molecule has 0 spiro atoms. The van der Waals surface area contributed by atoms with Crippen LogP contribution >= 0.6 is 12.4 Å². The molecule has 156 valence electrons. The summed E-state index contributed by atoms with van der Waals surface area (Å²) in [6, 6.07) is 13.1. The number of aromatic nitrogens is 1. The summed E-state index contributed by atoms with van der Waals surface area (Å²) < 4.78 is 15.8. The Morgan fingerprint density at radius 3 is 2.43 bits per heavy atom. The number of fused-ring (bicyclic) bond motifs is 4. The monoisotopic (exact) mass is 427 g/mol. The van der Waals surface area contributed by atoms with E-state index in [2.05, 4.69) is 10.2 Å². The first-order chi connectivity index (χ1) is 14.1. The molecule has 7 heteroatoms. The molecule has 1 atom stereocenters. The third-order valence-electron chi connectivity index (χ3n) is 6.24. The molecule has 3 saturated heterocycles. The second-order valence-corrected chi connectivity index (χ2v) is 7.93. The molecule has 0 unspecified atom stereocenters. The summed E-state index contributed by atoms with van der Waals surface area (Å²) in [6.45, 7) is 3.09. The summed E-state index contributed by atoms with van der Waals surface area (Å²) in [5.41, 5.74) is 1.37. The van der Waals surface area contributed by atoms with Crippen molar-refractivity contribution in [3.63, 3.8) is 0 Å². The van der Waals surface area contributed by atoms with Crippen molar-refractivity contribution in [1.82, 2.24) is 14.6 Å². The fraction of sp³-hybridized carbons (Fsp3) is 0.304. The van der Waals surface area contributed by atoms with Gasteiger partial charge >= 0.3 is 0 Å². The molecule has 0 saturated carbocycles. The number of amides is 1. The van der Waals surface area contributed by atoms with Crippen molar-refractivity contribution in [3.8, 4) is 0 Å². The second kappa shape index (κ2) is 8.20. The van der Waals surface area contributed by atoms with Gasteiger partial charge in [0.25, 0.3) is 5.91 Å². The van der Waals surface area contributed by atoms with E-state index in [1.54, 1.807) is 34.9 Å². The van der Waals surface area contributed by atoms with E-state index < -0.39 is 11.6 Å². The van der Waals surface area contributed by atoms with Crippen molar-refractivity contribution in [3.05, 3.63) is 77.4 Å². The minimum atomic E-state index is -0.568. The number of hydrogen-bond donors (Lipinski definition) is 1. The molecular weight excluding hydrogens is 405 g/mol. The van der Waals surface area contributed by atoms with Gasteiger partial charge in [-0.25, -0.2) is 4.39 Å². The number of carbonyl (C=O) groups is 2. The lowest BCUT2D eigenvalue weighted by atomic mass is 9.84. The van der Waals surface area contributed by atoms with Gasteiger partial charge in [0.2, 0.25) is 5.78 Å². The molecule has 3 aromatic rings. The van der Waals surface area contributed by atoms with Crippen LogP contribution in [0.1, 0.15) is 39.3 Å². The van der Waals surface area contributed by atoms with Gasteiger partial charge in [-0.2, -0.15) is 0 Å². The summed E-state index contributed by atoms with van der Waals surface area (Å²) in [7, 11) is 0. The summed E-state index contributed by atoms with van der Waals surface area (Å²) in [4.78, 5) is 28.5. The van der Waals surface area contributed by atoms with Crippen molar-refractivity contribution in [2.75, 3.05) is 19.6 Å². The average molecular weight is 428 g/mol. The Kier molecular flexibility index (Phi) is 5.62. The van der Waals surface area contributed by atoms with Crippen LogP contribution in [0, 0.1) is 11.7 Å². The molecule has 30 heavy (non-hydrogen) atoms. The zero-order chi connectivity index (χ0) is 20.0. The Balaban J connectivity index is 0.00000218. The number of nitrogens with one attached hydrogen (secondary N) is 1. The predicted molar refractivity (Wildman–Crippen MR) is 115 cm³/mol. The van der Waals surface area contributed by atoms with Gasteiger partial charge in [-0.3, -0.25) is 9.59 Å². The van der Waals surface area contributed by atoms with Gasteiger partial charge in [-0.05, 0) is 62.2 Å². The Hall–Kier alpha value is -2.70. The quantitative estimate of drug-likeness (QED) is 0.648. The maximum atomic E-state index is 14.2. The van der Waals surface area contributed by atoms with E-state index in [-0.39, 0.29) is 35.6 Å². The first kappa shape index (κ1) is 20.6. The van der Waals surface area contributed by atoms with Crippen LogP contribution in [0.2, 0.25) is 0 Å². The topological polar surface area (TPSA) is 53.8 Å². The van der Waals surface area contributed by atoms with Gasteiger partial charge < -0.3 is 14.6 Å². The van der Waals surface area contributed by atoms with E-state index in [9.17, 15) is 14.0 Å². The van der Waals surface area contributed by atoms with Crippen LogP contribution in [0.5, 0.6) is 0 Å². The second-order valence-electron chi connectivity index (χ2n) is 7.93. The Morgan fingerprint density at radius 1 is 1.00 bits per heavy atom. The SMILES string of the molecule is Cl.O=C(N[C@H]1CN2CCC1CC2)c1cc(C(=O)c2ccccc2F)n2ccccc12. The molecule has 3 aliphatic heterocycles. The highest BCUT2D eigenvalue weighted by atomic mass is 35.5. The maximum Gasteiger partial charge on any atom is 0.253 e. The van der Waals surface area contributed by atoms with Gasteiger partial charge in [-0.1, -0.05) is 18.2 Å². The third-order valence-corrected chi connectivity index (χ3v) is 6.24. The van der Waals surface area contributed by atoms with Crippen molar-refractivity contribution >= 4 is 29.6 Å². The number of carbonyl (C=O) groups excluding carboxylic acids is 2. The van der Waals surface area contributed by atoms with E-state index in [1.165, 1.54) is 12.1 Å². The van der Waals surface area contributed by atoms with Gasteiger partial charge in [-0.15, -0.1) is 12.4 Å². The van der Waals surface area contributed by atoms with E-state index >= 15 is 0 Å². The molecule has 6 rings (SSSR count). The van der Waals surface area contributed by atoms with Gasteiger partial charge in [0, 0.05) is 18.8 Å². The molecule has 3 aliphatic rings. The number of ketones is 1. The Labute approximate surface area is 180 Å². The predicted octanol–water partition coefficient (Wildman–Crippen LogP) is 3.56. The standard InChI is InChI=1S/C23H22FN3O2.ClH/c24-18-6-2-1-5-16(18)22(28)21-13-17(20-7-3-4-10-27(20)21)23(29)25-19-14-26-11-8-15(19)9-12-26;/h1-7,10,13,15,19H,8-9,11-12,14H2,(H,25,29);1H/t19-;/m0./s1. The maximum absolute atomic E-state index is 14.2. The van der Waals surface area contributed by atoms with Crippen LogP contribution in [-0.4, -0.2) is 46.7 Å². The van der Waals surface area contributed by atoms with Crippen molar-refractivity contribution in [2.45, 2.75) is 18.9 Å². The van der Waals surface area contributed by atoms with Gasteiger partial charge in [0.1, 0.15) is 5.82 Å². The lowest BCUT2D eigenvalue weighted by molar-refractivity contribution is 0.0621. The summed E-state index contributed by atoms with van der Waals surface area (Å²) in [5.74, 6) is -0.676. The number of rotatable bonds is 4. The molecular formula is C23H23ClFN3O2. The fourth-order valence-corrected chi connectivity index (χ4v) is 4.67. The number of hydrogen-bond acceptors (Lipinski definition) is 3. The van der Waals surface area contributed by atoms with Crippen LogP contribution in [0.3, 0.4) is 0 Å². The van der Waals surface area contributed by atoms with Crippen LogP contribution in [-0.2, 0) is 0 Å². The third kappa shape index (κ3) is 3.50. The van der Waals surface area contributed by atoms with Crippen LogP contribution in [0.4, 0.5) is 4.39 Å². The van der Waals surface area contributed by atoms with E-state index in [4.69, 9.17) is 0 Å². The normalized spacial score (nSPS) is 22.5. The largest absolute Gasteiger partial charge is 0.348 e. The molecule has 2 aromatic heterocycles. The highest BCUT2D eigenvalue weighted by Gasteiger charge is 2.35. The number of piperidine rings is 3. The first-order valence-corrected chi connectivity index (χ1v) is 10.0. The van der Waals surface area contributed by atoms with Crippen LogP contribution in [0.15, 0.2) is 54.7 Å². The fourth-order valence-electron chi connectivity index (χ4n) is 4.67.